The van der Waals surface area contributed by atoms with Gasteiger partial charge in [0.05, 0.1) is 11.4 Å². The number of amides is 1. The molecule has 1 aromatic carbocycles. The quantitative estimate of drug-likeness (QED) is 0.672. The minimum absolute atomic E-state index is 0.0620. The molecule has 6 heteroatoms. The Morgan fingerprint density at radius 3 is 2.46 bits per heavy atom. The molecule has 136 valence electrons. The summed E-state index contributed by atoms with van der Waals surface area (Å²) in [6, 6.07) is 9.88. The lowest BCUT2D eigenvalue weighted by atomic mass is 10.2. The van der Waals surface area contributed by atoms with Crippen molar-refractivity contribution in [2.45, 2.75) is 26.7 Å². The highest BCUT2D eigenvalue weighted by Gasteiger charge is 2.25. The van der Waals surface area contributed by atoms with Gasteiger partial charge in [-0.1, -0.05) is 13.3 Å². The normalized spacial score (nSPS) is 10.9. The number of hydrogen-bond acceptors (Lipinski definition) is 2. The Labute approximate surface area is 152 Å². The Morgan fingerprint density at radius 2 is 1.85 bits per heavy atom. The number of halogens is 1. The van der Waals surface area contributed by atoms with Crippen molar-refractivity contribution in [1.29, 1.82) is 0 Å². The van der Waals surface area contributed by atoms with E-state index in [4.69, 9.17) is 0 Å². The van der Waals surface area contributed by atoms with Crippen LogP contribution in [0.4, 0.5) is 4.39 Å². The third-order valence-corrected chi connectivity index (χ3v) is 4.36. The van der Waals surface area contributed by atoms with Crippen molar-refractivity contribution < 1.29 is 9.18 Å². The first-order valence-electron chi connectivity index (χ1n) is 8.77. The van der Waals surface area contributed by atoms with E-state index in [9.17, 15) is 9.18 Å². The number of aryl methyl sites for hydroxylation is 1. The van der Waals surface area contributed by atoms with Gasteiger partial charge in [-0.05, 0) is 49.7 Å². The van der Waals surface area contributed by atoms with E-state index in [1.54, 1.807) is 21.7 Å². The molecule has 5 nitrogen and oxygen atoms in total. The predicted octanol–water partition coefficient (Wildman–Crippen LogP) is 3.98. The second-order valence-corrected chi connectivity index (χ2v) is 6.34. The standard InChI is InChI=1S/C20H23FN4O/c1-4-5-12-23(3)20(26)18-15(2)22-25(17-10-8-16(21)9-11-17)19(18)24-13-6-7-14-24/h6-11,13-14H,4-5,12H2,1-3H3. The van der Waals surface area contributed by atoms with Gasteiger partial charge in [0.15, 0.2) is 5.82 Å². The summed E-state index contributed by atoms with van der Waals surface area (Å²) in [6.07, 6.45) is 5.72. The monoisotopic (exact) mass is 354 g/mol. The van der Waals surface area contributed by atoms with Gasteiger partial charge in [-0.25, -0.2) is 9.07 Å². The molecule has 0 radical (unpaired) electrons. The van der Waals surface area contributed by atoms with Crippen LogP contribution in [0.25, 0.3) is 11.5 Å². The van der Waals surface area contributed by atoms with Crippen molar-refractivity contribution in [3.63, 3.8) is 0 Å². The van der Waals surface area contributed by atoms with Crippen LogP contribution in [0.2, 0.25) is 0 Å². The molecule has 0 N–H and O–H groups in total. The van der Waals surface area contributed by atoms with E-state index in [0.717, 1.165) is 12.8 Å². The Kier molecular flexibility index (Phi) is 5.21. The average molecular weight is 354 g/mol. The van der Waals surface area contributed by atoms with Crippen LogP contribution in [-0.4, -0.2) is 38.7 Å². The second kappa shape index (κ2) is 7.56. The maximum absolute atomic E-state index is 13.3. The topological polar surface area (TPSA) is 43.1 Å². The Balaban J connectivity index is 2.13. The van der Waals surface area contributed by atoms with Gasteiger partial charge in [0.2, 0.25) is 0 Å². The van der Waals surface area contributed by atoms with E-state index in [1.807, 2.05) is 43.1 Å². The summed E-state index contributed by atoms with van der Waals surface area (Å²) < 4.78 is 16.9. The first-order valence-corrected chi connectivity index (χ1v) is 8.77. The van der Waals surface area contributed by atoms with Crippen molar-refractivity contribution >= 4 is 5.91 Å². The van der Waals surface area contributed by atoms with Crippen molar-refractivity contribution in [2.24, 2.45) is 0 Å². The molecule has 0 aliphatic rings. The van der Waals surface area contributed by atoms with Crippen molar-refractivity contribution in [2.75, 3.05) is 13.6 Å². The summed E-state index contributed by atoms with van der Waals surface area (Å²) in [4.78, 5) is 14.8. The predicted molar refractivity (Wildman–Crippen MR) is 99.5 cm³/mol. The molecule has 0 aliphatic carbocycles. The molecule has 1 amide bonds. The molecule has 26 heavy (non-hydrogen) atoms. The molecule has 3 aromatic rings. The van der Waals surface area contributed by atoms with Crippen LogP contribution in [0.15, 0.2) is 48.8 Å². The SMILES string of the molecule is CCCCN(C)C(=O)c1c(C)nn(-c2ccc(F)cc2)c1-n1cccc1. The van der Waals surface area contributed by atoms with Gasteiger partial charge in [-0.3, -0.25) is 4.79 Å². The zero-order valence-corrected chi connectivity index (χ0v) is 15.3. The number of rotatable bonds is 6. The minimum atomic E-state index is -0.309. The van der Waals surface area contributed by atoms with Gasteiger partial charge < -0.3 is 9.47 Å². The number of nitrogens with zero attached hydrogens (tertiary/aromatic N) is 4. The molecule has 3 rings (SSSR count). The van der Waals surface area contributed by atoms with E-state index in [2.05, 4.69) is 12.0 Å². The number of carbonyl (C=O) groups excluding carboxylic acids is 1. The molecule has 0 unspecified atom stereocenters. The molecule has 0 aliphatic heterocycles. The van der Waals surface area contributed by atoms with Gasteiger partial charge in [-0.15, -0.1) is 0 Å². The fourth-order valence-electron chi connectivity index (χ4n) is 2.93. The summed E-state index contributed by atoms with van der Waals surface area (Å²) in [5.74, 6) is 0.288. The first-order chi connectivity index (χ1) is 12.5. The lowest BCUT2D eigenvalue weighted by Gasteiger charge is -2.18. The molecular weight excluding hydrogens is 331 g/mol. The van der Waals surface area contributed by atoms with Crippen LogP contribution in [0.5, 0.6) is 0 Å². The van der Waals surface area contributed by atoms with E-state index in [1.165, 1.54) is 12.1 Å². The van der Waals surface area contributed by atoms with Gasteiger partial charge in [0.1, 0.15) is 11.4 Å². The maximum Gasteiger partial charge on any atom is 0.259 e. The Morgan fingerprint density at radius 1 is 1.19 bits per heavy atom. The summed E-state index contributed by atoms with van der Waals surface area (Å²) in [7, 11) is 1.81. The third-order valence-electron chi connectivity index (χ3n) is 4.36. The fourth-order valence-corrected chi connectivity index (χ4v) is 2.93. The number of hydrogen-bond donors (Lipinski definition) is 0. The lowest BCUT2D eigenvalue weighted by Crippen LogP contribution is -2.29. The number of carbonyl (C=O) groups is 1. The van der Waals surface area contributed by atoms with Crippen molar-refractivity contribution in [1.82, 2.24) is 19.2 Å². The van der Waals surface area contributed by atoms with E-state index < -0.39 is 0 Å². The van der Waals surface area contributed by atoms with Crippen LogP contribution < -0.4 is 0 Å². The number of aromatic nitrogens is 3. The molecule has 0 spiro atoms. The average Bonchev–Trinajstić information content (AvgIpc) is 3.27. The van der Waals surface area contributed by atoms with Crippen LogP contribution in [0.3, 0.4) is 0 Å². The maximum atomic E-state index is 13.3. The molecule has 0 saturated heterocycles. The molecule has 0 fully saturated rings. The zero-order valence-electron chi connectivity index (χ0n) is 15.3. The second-order valence-electron chi connectivity index (χ2n) is 6.34. The van der Waals surface area contributed by atoms with Crippen LogP contribution in [0, 0.1) is 12.7 Å². The molecule has 2 aromatic heterocycles. The highest BCUT2D eigenvalue weighted by atomic mass is 19.1. The highest BCUT2D eigenvalue weighted by Crippen LogP contribution is 2.24. The third kappa shape index (κ3) is 3.40. The van der Waals surface area contributed by atoms with E-state index >= 15 is 0 Å². The van der Waals surface area contributed by atoms with Gasteiger partial charge in [0.25, 0.3) is 5.91 Å². The minimum Gasteiger partial charge on any atom is -0.342 e. The summed E-state index contributed by atoms with van der Waals surface area (Å²) in [6.45, 7) is 4.62. The Hall–Kier alpha value is -2.89. The molecular formula is C20H23FN4O. The van der Waals surface area contributed by atoms with Crippen LogP contribution in [-0.2, 0) is 0 Å². The zero-order chi connectivity index (χ0) is 18.7. The van der Waals surface area contributed by atoms with E-state index in [-0.39, 0.29) is 11.7 Å². The van der Waals surface area contributed by atoms with Crippen LogP contribution >= 0.6 is 0 Å². The Bertz CT molecular complexity index is 881. The summed E-state index contributed by atoms with van der Waals surface area (Å²) in [5.41, 5.74) is 1.91. The smallest absolute Gasteiger partial charge is 0.259 e. The van der Waals surface area contributed by atoms with Crippen LogP contribution in [0.1, 0.15) is 35.8 Å². The van der Waals surface area contributed by atoms with Gasteiger partial charge in [0, 0.05) is 26.0 Å². The largest absolute Gasteiger partial charge is 0.342 e. The first kappa shape index (κ1) is 17.9. The van der Waals surface area contributed by atoms with Gasteiger partial charge >= 0.3 is 0 Å². The molecule has 0 bridgehead atoms. The van der Waals surface area contributed by atoms with Crippen molar-refractivity contribution in [3.05, 3.63) is 65.9 Å². The highest BCUT2D eigenvalue weighted by molar-refractivity contribution is 5.98. The molecule has 2 heterocycles. The fraction of sp³-hybridized carbons (Fsp3) is 0.300. The number of benzene rings is 1. The molecule has 0 atom stereocenters. The lowest BCUT2D eigenvalue weighted by molar-refractivity contribution is 0.0792. The summed E-state index contributed by atoms with van der Waals surface area (Å²) in [5, 5.41) is 4.58. The van der Waals surface area contributed by atoms with E-state index in [0.29, 0.717) is 29.3 Å². The van der Waals surface area contributed by atoms with Crippen molar-refractivity contribution in [3.8, 4) is 11.5 Å². The van der Waals surface area contributed by atoms with Gasteiger partial charge in [-0.2, -0.15) is 5.10 Å². The summed E-state index contributed by atoms with van der Waals surface area (Å²) >= 11 is 0. The molecule has 0 saturated carbocycles. The number of unbranched alkanes of at least 4 members (excludes halogenated alkanes) is 1.